The monoisotopic (exact) mass is 297 g/mol. The van der Waals surface area contributed by atoms with E-state index in [2.05, 4.69) is 12.1 Å². The molecule has 0 atom stereocenters. The second kappa shape index (κ2) is 9.65. The van der Waals surface area contributed by atoms with Crippen molar-refractivity contribution in [1.82, 2.24) is 0 Å². The van der Waals surface area contributed by atoms with Crippen molar-refractivity contribution in [1.29, 1.82) is 0 Å². The van der Waals surface area contributed by atoms with Gasteiger partial charge in [-0.2, -0.15) is 0 Å². The molecule has 4 heteroatoms. The van der Waals surface area contributed by atoms with Crippen molar-refractivity contribution in [2.24, 2.45) is 5.16 Å². The maximum absolute atomic E-state index is 9.87. The van der Waals surface area contributed by atoms with E-state index in [9.17, 15) is 5.11 Å². The third kappa shape index (κ3) is 5.41. The lowest BCUT2D eigenvalue weighted by atomic mass is 10.0. The largest absolute Gasteiger partial charge is 0.506 e. The molecule has 112 valence electrons. The minimum absolute atomic E-state index is 0.00934. The number of phenols is 1. The first-order valence-corrected chi connectivity index (χ1v) is 7.77. The molecule has 0 fully saturated rings. The summed E-state index contributed by atoms with van der Waals surface area (Å²) in [5, 5.41) is 22.6. The van der Waals surface area contributed by atoms with Gasteiger partial charge in [-0.25, -0.2) is 0 Å². The van der Waals surface area contributed by atoms with Crippen molar-refractivity contribution in [3.8, 4) is 5.75 Å². The molecule has 0 aliphatic heterocycles. The zero-order chi connectivity index (χ0) is 14.8. The lowest BCUT2D eigenvalue weighted by molar-refractivity contribution is 0.317. The molecule has 0 spiro atoms. The highest BCUT2D eigenvalue weighted by molar-refractivity contribution is 6.32. The molecule has 0 aliphatic rings. The molecule has 0 unspecified atom stereocenters. The first kappa shape index (κ1) is 16.8. The zero-order valence-electron chi connectivity index (χ0n) is 12.1. The van der Waals surface area contributed by atoms with E-state index in [0.29, 0.717) is 17.7 Å². The minimum atomic E-state index is -0.00934. The van der Waals surface area contributed by atoms with Gasteiger partial charge in [0, 0.05) is 5.56 Å². The number of unbranched alkanes of at least 4 members (excludes halogenated alkanes) is 6. The molecule has 0 bridgehead atoms. The van der Waals surface area contributed by atoms with E-state index < -0.39 is 0 Å². The predicted octanol–water partition coefficient (Wildman–Crippen LogP) is 5.36. The van der Waals surface area contributed by atoms with Crippen LogP contribution in [0.1, 0.15) is 63.9 Å². The summed E-state index contributed by atoms with van der Waals surface area (Å²) >= 11 is 5.86. The molecule has 20 heavy (non-hydrogen) atoms. The maximum Gasteiger partial charge on any atom is 0.143 e. The summed E-state index contributed by atoms with van der Waals surface area (Å²) in [4.78, 5) is 0. The number of hydrogen-bond donors (Lipinski definition) is 2. The van der Waals surface area contributed by atoms with Crippen molar-refractivity contribution in [3.05, 3.63) is 28.8 Å². The number of oxime groups is 1. The van der Waals surface area contributed by atoms with E-state index in [4.69, 9.17) is 16.8 Å². The normalized spacial score (nSPS) is 11.8. The van der Waals surface area contributed by atoms with Crippen molar-refractivity contribution < 1.29 is 10.3 Å². The van der Waals surface area contributed by atoms with E-state index in [1.165, 1.54) is 32.1 Å². The SMILES string of the molecule is CCCCCCCCC/C(=N\O)c1cccc(Cl)c1O. The van der Waals surface area contributed by atoms with Gasteiger partial charge in [0.15, 0.2) is 0 Å². The third-order valence-electron chi connectivity index (χ3n) is 3.44. The predicted molar refractivity (Wildman–Crippen MR) is 84.1 cm³/mol. The van der Waals surface area contributed by atoms with Crippen molar-refractivity contribution in [2.45, 2.75) is 58.3 Å². The number of rotatable bonds is 9. The first-order chi connectivity index (χ1) is 9.70. The van der Waals surface area contributed by atoms with E-state index >= 15 is 0 Å². The van der Waals surface area contributed by atoms with Gasteiger partial charge in [-0.15, -0.1) is 0 Å². The smallest absolute Gasteiger partial charge is 0.143 e. The Bertz CT molecular complexity index is 432. The van der Waals surface area contributed by atoms with Crippen LogP contribution in [0.25, 0.3) is 0 Å². The quantitative estimate of drug-likeness (QED) is 0.279. The highest BCUT2D eigenvalue weighted by Gasteiger charge is 2.11. The number of aromatic hydroxyl groups is 1. The van der Waals surface area contributed by atoms with Crippen molar-refractivity contribution >= 4 is 17.3 Å². The van der Waals surface area contributed by atoms with E-state index in [1.807, 2.05) is 0 Å². The number of phenolic OH excluding ortho intramolecular Hbond substituents is 1. The molecule has 1 aromatic rings. The Morgan fingerprint density at radius 2 is 1.75 bits per heavy atom. The highest BCUT2D eigenvalue weighted by Crippen LogP contribution is 2.28. The molecule has 2 N–H and O–H groups in total. The molecular weight excluding hydrogens is 274 g/mol. The summed E-state index contributed by atoms with van der Waals surface area (Å²) in [6.45, 7) is 2.21. The Morgan fingerprint density at radius 3 is 2.40 bits per heavy atom. The highest BCUT2D eigenvalue weighted by atomic mass is 35.5. The van der Waals surface area contributed by atoms with Gasteiger partial charge in [0.2, 0.25) is 0 Å². The summed E-state index contributed by atoms with van der Waals surface area (Å²) in [6.07, 6.45) is 9.06. The van der Waals surface area contributed by atoms with Crippen LogP contribution in [0, 0.1) is 0 Å². The Balaban J connectivity index is 2.39. The summed E-state index contributed by atoms with van der Waals surface area (Å²) in [6, 6.07) is 5.08. The second-order valence-electron chi connectivity index (χ2n) is 5.05. The molecule has 0 saturated carbocycles. The lowest BCUT2D eigenvalue weighted by Gasteiger charge is -2.08. The molecule has 3 nitrogen and oxygen atoms in total. The van der Waals surface area contributed by atoms with Gasteiger partial charge in [0.25, 0.3) is 0 Å². The summed E-state index contributed by atoms with van der Waals surface area (Å²) in [7, 11) is 0. The van der Waals surface area contributed by atoms with E-state index in [-0.39, 0.29) is 10.8 Å². The van der Waals surface area contributed by atoms with Crippen molar-refractivity contribution in [3.63, 3.8) is 0 Å². The molecule has 0 heterocycles. The van der Waals surface area contributed by atoms with Crippen LogP contribution in [0.15, 0.2) is 23.4 Å². The first-order valence-electron chi connectivity index (χ1n) is 7.39. The molecular formula is C16H24ClNO2. The number of para-hydroxylation sites is 1. The zero-order valence-corrected chi connectivity index (χ0v) is 12.9. The van der Waals surface area contributed by atoms with Gasteiger partial charge in [-0.3, -0.25) is 0 Å². The summed E-state index contributed by atoms with van der Waals surface area (Å²) in [5.41, 5.74) is 1.02. The third-order valence-corrected chi connectivity index (χ3v) is 3.74. The second-order valence-corrected chi connectivity index (χ2v) is 5.46. The van der Waals surface area contributed by atoms with E-state index in [0.717, 1.165) is 12.8 Å². The fourth-order valence-electron chi connectivity index (χ4n) is 2.24. The molecule has 1 aromatic carbocycles. The van der Waals surface area contributed by atoms with Gasteiger partial charge < -0.3 is 10.3 Å². The molecule has 0 saturated heterocycles. The average molecular weight is 298 g/mol. The lowest BCUT2D eigenvalue weighted by Crippen LogP contribution is -2.02. The number of hydrogen-bond acceptors (Lipinski definition) is 3. The van der Waals surface area contributed by atoms with Gasteiger partial charge in [-0.1, -0.05) is 68.3 Å². The van der Waals surface area contributed by atoms with Crippen LogP contribution in [-0.4, -0.2) is 16.0 Å². The van der Waals surface area contributed by atoms with Crippen LogP contribution in [0.5, 0.6) is 5.75 Å². The van der Waals surface area contributed by atoms with Crippen LogP contribution in [0.3, 0.4) is 0 Å². The number of benzene rings is 1. The topological polar surface area (TPSA) is 52.8 Å². The van der Waals surface area contributed by atoms with Crippen LogP contribution in [0.4, 0.5) is 0 Å². The standard InChI is InChI=1S/C16H24ClNO2/c1-2-3-4-5-6-7-8-12-15(18-20)13-10-9-11-14(17)16(13)19/h9-11,19-20H,2-8,12H2,1H3/b18-15+. The van der Waals surface area contributed by atoms with E-state index in [1.54, 1.807) is 18.2 Å². The van der Waals surface area contributed by atoms with Crippen LogP contribution in [0.2, 0.25) is 5.02 Å². The Labute approximate surface area is 126 Å². The molecule has 0 aromatic heterocycles. The van der Waals surface area contributed by atoms with Gasteiger partial charge in [0.05, 0.1) is 10.7 Å². The maximum atomic E-state index is 9.87. The molecule has 1 rings (SSSR count). The molecule has 0 amide bonds. The average Bonchev–Trinajstić information content (AvgIpc) is 2.46. The number of halogens is 1. The minimum Gasteiger partial charge on any atom is -0.506 e. The van der Waals surface area contributed by atoms with Crippen LogP contribution in [-0.2, 0) is 0 Å². The fraction of sp³-hybridized carbons (Fsp3) is 0.562. The number of nitrogens with zero attached hydrogens (tertiary/aromatic N) is 1. The Kier molecular flexibility index (Phi) is 8.12. The van der Waals surface area contributed by atoms with Gasteiger partial charge in [-0.05, 0) is 25.0 Å². The Hall–Kier alpha value is -1.22. The van der Waals surface area contributed by atoms with Crippen molar-refractivity contribution in [2.75, 3.05) is 0 Å². The molecule has 0 radical (unpaired) electrons. The van der Waals surface area contributed by atoms with Gasteiger partial charge in [0.1, 0.15) is 5.75 Å². The fourth-order valence-corrected chi connectivity index (χ4v) is 2.41. The van der Waals surface area contributed by atoms with Crippen LogP contribution < -0.4 is 0 Å². The Morgan fingerprint density at radius 1 is 1.10 bits per heavy atom. The summed E-state index contributed by atoms with van der Waals surface area (Å²) in [5.74, 6) is -0.00934. The molecule has 0 aliphatic carbocycles. The van der Waals surface area contributed by atoms with Crippen LogP contribution >= 0.6 is 11.6 Å². The van der Waals surface area contributed by atoms with Gasteiger partial charge >= 0.3 is 0 Å². The summed E-state index contributed by atoms with van der Waals surface area (Å²) < 4.78 is 0.